The number of hydrogen-bond acceptors (Lipinski definition) is 3. The zero-order valence-corrected chi connectivity index (χ0v) is 9.51. The van der Waals surface area contributed by atoms with Crippen LogP contribution in [-0.2, 0) is 0 Å². The summed E-state index contributed by atoms with van der Waals surface area (Å²) in [6.07, 6.45) is 3.82. The summed E-state index contributed by atoms with van der Waals surface area (Å²) in [5.41, 5.74) is 1.09. The Balaban J connectivity index is 1.84. The summed E-state index contributed by atoms with van der Waals surface area (Å²) in [4.78, 5) is 8.50. The number of aromatic nitrogens is 2. The van der Waals surface area contributed by atoms with Crippen LogP contribution in [0.2, 0.25) is 0 Å². The van der Waals surface area contributed by atoms with E-state index in [9.17, 15) is 8.78 Å². The number of nitrogens with zero attached hydrogens (tertiary/aromatic N) is 2. The van der Waals surface area contributed by atoms with E-state index in [1.807, 2.05) is 6.07 Å². The maximum atomic E-state index is 11.8. The van der Waals surface area contributed by atoms with Gasteiger partial charge in [0, 0.05) is 23.6 Å². The molecule has 1 aliphatic rings. The van der Waals surface area contributed by atoms with Crippen LogP contribution in [0.1, 0.15) is 30.9 Å². The van der Waals surface area contributed by atoms with Gasteiger partial charge in [-0.05, 0) is 31.4 Å². The Hall–Kier alpha value is -0.970. The highest BCUT2D eigenvalue weighted by Crippen LogP contribution is 2.39. The van der Waals surface area contributed by atoms with Crippen LogP contribution in [0.3, 0.4) is 0 Å². The average Bonchev–Trinajstić information content (AvgIpc) is 3.08. The van der Waals surface area contributed by atoms with Crippen LogP contribution in [0.15, 0.2) is 29.6 Å². The third-order valence-electron chi connectivity index (χ3n) is 2.30. The average molecular weight is 242 g/mol. The molecule has 0 aliphatic heterocycles. The Morgan fingerprint density at radius 2 is 2.31 bits per heavy atom. The van der Waals surface area contributed by atoms with Gasteiger partial charge in [-0.2, -0.15) is 8.78 Å². The van der Waals surface area contributed by atoms with Gasteiger partial charge in [-0.15, -0.1) is 0 Å². The molecule has 1 aromatic rings. The quantitative estimate of drug-likeness (QED) is 0.448. The summed E-state index contributed by atoms with van der Waals surface area (Å²) in [5.74, 6) is 1.19. The van der Waals surface area contributed by atoms with E-state index in [0.717, 1.165) is 11.8 Å². The first kappa shape index (κ1) is 11.5. The standard InChI is InChI=1S/C11H12F2N2S/c12-10(13)2-1-7-16-11-14-6-5-9(15-11)8-3-4-8/h2,5-6,8H,1,3-4,7H2. The van der Waals surface area contributed by atoms with Gasteiger partial charge in [-0.3, -0.25) is 0 Å². The Bertz CT molecular complexity index is 387. The van der Waals surface area contributed by atoms with Crippen molar-refractivity contribution in [3.63, 3.8) is 0 Å². The minimum Gasteiger partial charge on any atom is -0.231 e. The molecule has 2 rings (SSSR count). The molecule has 0 bridgehead atoms. The van der Waals surface area contributed by atoms with Crippen molar-refractivity contribution in [3.05, 3.63) is 30.1 Å². The first-order valence-electron chi connectivity index (χ1n) is 5.22. The zero-order chi connectivity index (χ0) is 11.4. The lowest BCUT2D eigenvalue weighted by atomic mass is 10.3. The molecule has 1 saturated carbocycles. The predicted molar refractivity (Wildman–Crippen MR) is 59.6 cm³/mol. The smallest absolute Gasteiger partial charge is 0.231 e. The van der Waals surface area contributed by atoms with Crippen LogP contribution in [0.25, 0.3) is 0 Å². The van der Waals surface area contributed by atoms with Crippen LogP contribution in [0.4, 0.5) is 8.78 Å². The lowest BCUT2D eigenvalue weighted by Gasteiger charge is -2.00. The maximum Gasteiger partial charge on any atom is 0.266 e. The van der Waals surface area contributed by atoms with Crippen molar-refractivity contribution in [1.82, 2.24) is 9.97 Å². The molecule has 5 heteroatoms. The largest absolute Gasteiger partial charge is 0.266 e. The molecule has 0 aromatic carbocycles. The molecule has 0 spiro atoms. The van der Waals surface area contributed by atoms with Gasteiger partial charge >= 0.3 is 0 Å². The highest BCUT2D eigenvalue weighted by atomic mass is 32.2. The minimum atomic E-state index is -1.62. The highest BCUT2D eigenvalue weighted by Gasteiger charge is 2.25. The fourth-order valence-electron chi connectivity index (χ4n) is 1.35. The van der Waals surface area contributed by atoms with E-state index in [4.69, 9.17) is 0 Å². The molecule has 0 N–H and O–H groups in total. The van der Waals surface area contributed by atoms with E-state index in [0.29, 0.717) is 23.2 Å². The van der Waals surface area contributed by atoms with Crippen molar-refractivity contribution in [1.29, 1.82) is 0 Å². The van der Waals surface area contributed by atoms with Crippen molar-refractivity contribution >= 4 is 11.8 Å². The molecule has 0 saturated heterocycles. The summed E-state index contributed by atoms with van der Waals surface area (Å²) >= 11 is 1.42. The lowest BCUT2D eigenvalue weighted by molar-refractivity contribution is 0.418. The van der Waals surface area contributed by atoms with Crippen LogP contribution in [0.5, 0.6) is 0 Å². The molecule has 1 aliphatic carbocycles. The molecule has 1 heterocycles. The highest BCUT2D eigenvalue weighted by molar-refractivity contribution is 7.99. The van der Waals surface area contributed by atoms with Gasteiger partial charge in [0.1, 0.15) is 0 Å². The molecule has 0 unspecified atom stereocenters. The van der Waals surface area contributed by atoms with Crippen molar-refractivity contribution < 1.29 is 8.78 Å². The van der Waals surface area contributed by atoms with E-state index < -0.39 is 6.08 Å². The Kier molecular flexibility index (Phi) is 3.88. The number of allylic oxidation sites excluding steroid dienone is 1. The van der Waals surface area contributed by atoms with E-state index in [1.165, 1.54) is 24.6 Å². The van der Waals surface area contributed by atoms with Crippen molar-refractivity contribution in [2.45, 2.75) is 30.3 Å². The fraction of sp³-hybridized carbons (Fsp3) is 0.455. The fourth-order valence-corrected chi connectivity index (χ4v) is 2.07. The number of halogens is 2. The van der Waals surface area contributed by atoms with Gasteiger partial charge < -0.3 is 0 Å². The topological polar surface area (TPSA) is 25.8 Å². The van der Waals surface area contributed by atoms with Gasteiger partial charge in [0.05, 0.1) is 0 Å². The van der Waals surface area contributed by atoms with Gasteiger partial charge in [-0.1, -0.05) is 11.8 Å². The van der Waals surface area contributed by atoms with Crippen molar-refractivity contribution in [2.24, 2.45) is 0 Å². The summed E-state index contributed by atoms with van der Waals surface area (Å²) in [6.45, 7) is 0. The Morgan fingerprint density at radius 1 is 1.50 bits per heavy atom. The molecule has 1 fully saturated rings. The second kappa shape index (κ2) is 5.39. The summed E-state index contributed by atoms with van der Waals surface area (Å²) in [5, 5.41) is 0.692. The SMILES string of the molecule is FC(F)=CCCSc1nccc(C2CC2)n1. The van der Waals surface area contributed by atoms with E-state index in [2.05, 4.69) is 9.97 Å². The second-order valence-corrected chi connectivity index (χ2v) is 4.73. The molecule has 0 atom stereocenters. The van der Waals surface area contributed by atoms with Gasteiger partial charge in [0.25, 0.3) is 6.08 Å². The Labute approximate surface area is 97.2 Å². The van der Waals surface area contributed by atoms with Crippen LogP contribution in [0, 0.1) is 0 Å². The summed E-state index contributed by atoms with van der Waals surface area (Å²) in [6, 6.07) is 1.93. The molecule has 86 valence electrons. The maximum absolute atomic E-state index is 11.8. The molecule has 1 aromatic heterocycles. The summed E-state index contributed by atoms with van der Waals surface area (Å²) in [7, 11) is 0. The lowest BCUT2D eigenvalue weighted by Crippen LogP contribution is -1.92. The van der Waals surface area contributed by atoms with Crippen LogP contribution in [-0.4, -0.2) is 15.7 Å². The number of rotatable bonds is 5. The van der Waals surface area contributed by atoms with Gasteiger partial charge in [0.15, 0.2) is 5.16 Å². The van der Waals surface area contributed by atoms with Gasteiger partial charge in [0.2, 0.25) is 0 Å². The Morgan fingerprint density at radius 3 is 3.00 bits per heavy atom. The van der Waals surface area contributed by atoms with Crippen LogP contribution < -0.4 is 0 Å². The van der Waals surface area contributed by atoms with Crippen molar-refractivity contribution in [3.8, 4) is 0 Å². The van der Waals surface area contributed by atoms with Crippen molar-refractivity contribution in [2.75, 3.05) is 5.75 Å². The molecular formula is C11H12F2N2S. The van der Waals surface area contributed by atoms with Gasteiger partial charge in [-0.25, -0.2) is 9.97 Å². The first-order valence-corrected chi connectivity index (χ1v) is 6.21. The molecule has 16 heavy (non-hydrogen) atoms. The zero-order valence-electron chi connectivity index (χ0n) is 8.70. The van der Waals surface area contributed by atoms with E-state index in [1.54, 1.807) is 6.20 Å². The second-order valence-electron chi connectivity index (χ2n) is 3.67. The number of thioether (sulfide) groups is 1. The monoisotopic (exact) mass is 242 g/mol. The molecular weight excluding hydrogens is 230 g/mol. The van der Waals surface area contributed by atoms with E-state index >= 15 is 0 Å². The molecule has 0 amide bonds. The van der Waals surface area contributed by atoms with E-state index in [-0.39, 0.29) is 0 Å². The molecule has 0 radical (unpaired) electrons. The third-order valence-corrected chi connectivity index (χ3v) is 3.19. The molecule has 2 nitrogen and oxygen atoms in total. The third kappa shape index (κ3) is 3.56. The normalized spacial score (nSPS) is 14.9. The predicted octanol–water partition coefficient (Wildman–Crippen LogP) is 3.62. The summed E-state index contributed by atoms with van der Waals surface area (Å²) < 4.78 is 23.5. The minimum absolute atomic E-state index is 0.351. The van der Waals surface area contributed by atoms with Crippen LogP contribution >= 0.6 is 11.8 Å². The first-order chi connectivity index (χ1) is 7.75. The number of hydrogen-bond donors (Lipinski definition) is 0.